The van der Waals surface area contributed by atoms with Crippen LogP contribution >= 0.6 is 15.9 Å². The van der Waals surface area contributed by atoms with Gasteiger partial charge in [0.15, 0.2) is 0 Å². The Morgan fingerprint density at radius 2 is 2.31 bits per heavy atom. The molecule has 0 spiro atoms. The lowest BCUT2D eigenvalue weighted by Gasteiger charge is -2.07. The zero-order chi connectivity index (χ0) is 11.9. The maximum absolute atomic E-state index is 11.5. The number of aryl methyl sites for hydroxylation is 1. The first-order chi connectivity index (χ1) is 7.56. The summed E-state index contributed by atoms with van der Waals surface area (Å²) in [5.41, 5.74) is 7.60. The fourth-order valence-corrected chi connectivity index (χ4v) is 2.04. The van der Waals surface area contributed by atoms with Gasteiger partial charge in [0.1, 0.15) is 0 Å². The molecule has 2 N–H and O–H groups in total. The van der Waals surface area contributed by atoms with Crippen LogP contribution in [0.1, 0.15) is 10.4 Å². The van der Waals surface area contributed by atoms with Gasteiger partial charge in [0.2, 0.25) is 0 Å². The van der Waals surface area contributed by atoms with Crippen molar-refractivity contribution >= 4 is 38.5 Å². The van der Waals surface area contributed by atoms with Gasteiger partial charge in [-0.25, -0.2) is 4.79 Å². The maximum Gasteiger partial charge on any atom is 0.339 e. The van der Waals surface area contributed by atoms with E-state index in [4.69, 9.17) is 5.73 Å². The molecule has 0 aliphatic heterocycles. The van der Waals surface area contributed by atoms with Crippen molar-refractivity contribution in [2.45, 2.75) is 0 Å². The molecule has 0 unspecified atom stereocenters. The first kappa shape index (κ1) is 10.9. The minimum Gasteiger partial charge on any atom is -0.465 e. The van der Waals surface area contributed by atoms with Crippen LogP contribution in [0.3, 0.4) is 0 Å². The fourth-order valence-electron chi connectivity index (χ4n) is 1.55. The molecular weight excluding hydrogens is 274 g/mol. The average Bonchev–Trinajstić information content (AvgIpc) is 2.64. The Bertz CT molecular complexity index is 577. The highest BCUT2D eigenvalue weighted by Crippen LogP contribution is 2.32. The molecule has 84 valence electrons. The monoisotopic (exact) mass is 283 g/mol. The third-order valence-electron chi connectivity index (χ3n) is 2.43. The predicted octanol–water partition coefficient (Wildman–Crippen LogP) is 1.70. The van der Waals surface area contributed by atoms with Crippen molar-refractivity contribution in [2.24, 2.45) is 7.05 Å². The normalized spacial score (nSPS) is 10.7. The number of nitrogens with two attached hydrogens (primary N) is 1. The van der Waals surface area contributed by atoms with Crippen molar-refractivity contribution in [3.05, 3.63) is 22.3 Å². The van der Waals surface area contributed by atoms with Crippen LogP contribution in [-0.4, -0.2) is 22.9 Å². The van der Waals surface area contributed by atoms with Crippen molar-refractivity contribution < 1.29 is 9.53 Å². The lowest BCUT2D eigenvalue weighted by Crippen LogP contribution is -2.05. The number of aromatic nitrogens is 2. The Hall–Kier alpha value is -1.56. The first-order valence-corrected chi connectivity index (χ1v) is 5.33. The van der Waals surface area contributed by atoms with Crippen molar-refractivity contribution in [1.29, 1.82) is 0 Å². The van der Waals surface area contributed by atoms with E-state index in [1.807, 2.05) is 0 Å². The molecule has 0 radical (unpaired) electrons. The largest absolute Gasteiger partial charge is 0.465 e. The van der Waals surface area contributed by atoms with E-state index in [1.165, 1.54) is 7.11 Å². The van der Waals surface area contributed by atoms with Crippen LogP contribution in [0, 0.1) is 0 Å². The lowest BCUT2D eigenvalue weighted by atomic mass is 10.1. The summed E-state index contributed by atoms with van der Waals surface area (Å²) < 4.78 is 6.88. The van der Waals surface area contributed by atoms with Crippen LogP contribution in [0.5, 0.6) is 0 Å². The number of nitrogens with zero attached hydrogens (tertiary/aromatic N) is 2. The van der Waals surface area contributed by atoms with Gasteiger partial charge in [-0.15, -0.1) is 0 Å². The zero-order valence-electron chi connectivity index (χ0n) is 8.82. The average molecular weight is 284 g/mol. The summed E-state index contributed by atoms with van der Waals surface area (Å²) in [5, 5.41) is 4.90. The zero-order valence-corrected chi connectivity index (χ0v) is 10.4. The highest BCUT2D eigenvalue weighted by molar-refractivity contribution is 9.10. The number of hydrogen-bond acceptors (Lipinski definition) is 4. The molecule has 2 aromatic rings. The molecule has 2 rings (SSSR count). The second-order valence-electron chi connectivity index (χ2n) is 3.34. The Balaban J connectivity index is 2.81. The Morgan fingerprint density at radius 1 is 1.62 bits per heavy atom. The van der Waals surface area contributed by atoms with E-state index >= 15 is 0 Å². The summed E-state index contributed by atoms with van der Waals surface area (Å²) in [6, 6.07) is 1.70. The minimum atomic E-state index is -0.429. The highest BCUT2D eigenvalue weighted by Gasteiger charge is 2.17. The number of ether oxygens (including phenoxy) is 1. The van der Waals surface area contributed by atoms with Crippen molar-refractivity contribution in [3.8, 4) is 0 Å². The summed E-state index contributed by atoms with van der Waals surface area (Å²) in [4.78, 5) is 11.5. The number of carbonyl (C=O) groups excluding carboxylic acids is 1. The van der Waals surface area contributed by atoms with Gasteiger partial charge in [0, 0.05) is 12.4 Å². The predicted molar refractivity (Wildman–Crippen MR) is 64.2 cm³/mol. The van der Waals surface area contributed by atoms with Crippen molar-refractivity contribution in [3.63, 3.8) is 0 Å². The van der Waals surface area contributed by atoms with Crippen LogP contribution < -0.4 is 5.73 Å². The molecule has 0 saturated heterocycles. The van der Waals surface area contributed by atoms with Crippen LogP contribution in [0.25, 0.3) is 10.9 Å². The molecule has 0 aliphatic carbocycles. The molecule has 0 atom stereocenters. The minimum absolute atomic E-state index is 0.399. The van der Waals surface area contributed by atoms with Gasteiger partial charge in [0.05, 0.1) is 34.5 Å². The molecule has 16 heavy (non-hydrogen) atoms. The molecule has 0 aliphatic rings. The molecule has 5 nitrogen and oxygen atoms in total. The lowest BCUT2D eigenvalue weighted by molar-refractivity contribution is 0.0600. The Kier molecular flexibility index (Phi) is 2.59. The Labute approximate surface area is 100 Å². The van der Waals surface area contributed by atoms with Gasteiger partial charge in [-0.1, -0.05) is 0 Å². The second kappa shape index (κ2) is 3.79. The SMILES string of the molecule is COC(=O)c1cc2c(cnn2C)c(N)c1Br. The van der Waals surface area contributed by atoms with Gasteiger partial charge in [-0.05, 0) is 22.0 Å². The van der Waals surface area contributed by atoms with E-state index < -0.39 is 5.97 Å². The van der Waals surface area contributed by atoms with Gasteiger partial charge >= 0.3 is 5.97 Å². The second-order valence-corrected chi connectivity index (χ2v) is 4.14. The molecule has 0 saturated carbocycles. The number of esters is 1. The molecule has 0 fully saturated rings. The van der Waals surface area contributed by atoms with E-state index in [1.54, 1.807) is 24.0 Å². The molecular formula is C10H10BrN3O2. The number of hydrogen-bond donors (Lipinski definition) is 1. The summed E-state index contributed by atoms with van der Waals surface area (Å²) in [6.07, 6.45) is 1.66. The van der Waals surface area contributed by atoms with E-state index in [9.17, 15) is 4.79 Å². The van der Waals surface area contributed by atoms with Gasteiger partial charge in [-0.2, -0.15) is 5.10 Å². The van der Waals surface area contributed by atoms with Crippen LogP contribution in [-0.2, 0) is 11.8 Å². The quantitative estimate of drug-likeness (QED) is 0.639. The van der Waals surface area contributed by atoms with Crippen LogP contribution in [0.4, 0.5) is 5.69 Å². The van der Waals surface area contributed by atoms with Gasteiger partial charge in [-0.3, -0.25) is 4.68 Å². The van der Waals surface area contributed by atoms with E-state index in [0.29, 0.717) is 15.7 Å². The van der Waals surface area contributed by atoms with Crippen LogP contribution in [0.2, 0.25) is 0 Å². The van der Waals surface area contributed by atoms with E-state index in [0.717, 1.165) is 10.9 Å². The van der Waals surface area contributed by atoms with Crippen molar-refractivity contribution in [1.82, 2.24) is 9.78 Å². The standard InChI is InChI=1S/C10H10BrN3O2/c1-14-7-3-5(10(15)16-2)8(11)9(12)6(7)4-13-14/h3-4H,12H2,1-2H3. The number of anilines is 1. The number of rotatable bonds is 1. The third kappa shape index (κ3) is 1.46. The number of halogens is 1. The molecule has 0 amide bonds. The Morgan fingerprint density at radius 3 is 2.94 bits per heavy atom. The molecule has 6 heteroatoms. The molecule has 1 aromatic heterocycles. The summed E-state index contributed by atoms with van der Waals surface area (Å²) in [5.74, 6) is -0.429. The van der Waals surface area contributed by atoms with Crippen LogP contribution in [0.15, 0.2) is 16.7 Å². The van der Waals surface area contributed by atoms with Crippen molar-refractivity contribution in [2.75, 3.05) is 12.8 Å². The summed E-state index contributed by atoms with van der Waals surface area (Å²) in [7, 11) is 3.12. The smallest absolute Gasteiger partial charge is 0.339 e. The summed E-state index contributed by atoms with van der Waals surface area (Å²) in [6.45, 7) is 0. The molecule has 1 heterocycles. The number of fused-ring (bicyclic) bond motifs is 1. The van der Waals surface area contributed by atoms with E-state index in [-0.39, 0.29) is 0 Å². The maximum atomic E-state index is 11.5. The number of nitrogen functional groups attached to an aromatic ring is 1. The number of methoxy groups -OCH3 is 1. The van der Waals surface area contributed by atoms with E-state index in [2.05, 4.69) is 25.8 Å². The number of benzene rings is 1. The summed E-state index contributed by atoms with van der Waals surface area (Å²) >= 11 is 3.29. The fraction of sp³-hybridized carbons (Fsp3) is 0.200. The topological polar surface area (TPSA) is 70.1 Å². The number of carbonyl (C=O) groups is 1. The highest BCUT2D eigenvalue weighted by atomic mass is 79.9. The third-order valence-corrected chi connectivity index (χ3v) is 3.29. The van der Waals surface area contributed by atoms with Gasteiger partial charge in [0.25, 0.3) is 0 Å². The van der Waals surface area contributed by atoms with Gasteiger partial charge < -0.3 is 10.5 Å². The first-order valence-electron chi connectivity index (χ1n) is 4.54. The molecule has 0 bridgehead atoms. The molecule has 1 aromatic carbocycles.